The van der Waals surface area contributed by atoms with Gasteiger partial charge in [-0.3, -0.25) is 0 Å². The summed E-state index contributed by atoms with van der Waals surface area (Å²) in [5.74, 6) is 0. The molecular weight excluding hydrogens is 218 g/mol. The van der Waals surface area contributed by atoms with Crippen LogP contribution >= 0.6 is 0 Å². The standard InChI is InChI=1S/C12H17N3O2/c1-10(14-16)8-13-9-12(15-17)7-11-5-3-2-4-6-11/h2-6,13,16-17H,7-9H2,1H3/b14-10-,15-12+. The maximum absolute atomic E-state index is 8.88. The highest BCUT2D eigenvalue weighted by atomic mass is 16.4. The van der Waals surface area contributed by atoms with Gasteiger partial charge in [-0.2, -0.15) is 0 Å². The van der Waals surface area contributed by atoms with E-state index in [0.29, 0.717) is 30.9 Å². The largest absolute Gasteiger partial charge is 0.411 e. The molecule has 0 atom stereocenters. The number of nitrogens with one attached hydrogen (secondary N) is 1. The molecule has 3 N–H and O–H groups in total. The molecule has 0 fully saturated rings. The van der Waals surface area contributed by atoms with Crippen LogP contribution in [0.3, 0.4) is 0 Å². The summed E-state index contributed by atoms with van der Waals surface area (Å²) in [4.78, 5) is 0. The van der Waals surface area contributed by atoms with Crippen molar-refractivity contribution in [2.24, 2.45) is 10.3 Å². The Morgan fingerprint density at radius 2 is 1.82 bits per heavy atom. The number of oxime groups is 2. The normalized spacial score (nSPS) is 12.8. The molecule has 0 heterocycles. The van der Waals surface area contributed by atoms with E-state index < -0.39 is 0 Å². The molecule has 0 bridgehead atoms. The first kappa shape index (κ1) is 13.2. The molecule has 1 aromatic rings. The fourth-order valence-electron chi connectivity index (χ4n) is 1.39. The molecule has 0 saturated carbocycles. The number of rotatable bonds is 6. The minimum atomic E-state index is 0.457. The van der Waals surface area contributed by atoms with Gasteiger partial charge < -0.3 is 15.7 Å². The molecule has 5 heteroatoms. The van der Waals surface area contributed by atoms with Crippen molar-refractivity contribution in [3.05, 3.63) is 35.9 Å². The smallest absolute Gasteiger partial charge is 0.0752 e. The van der Waals surface area contributed by atoms with Crippen molar-refractivity contribution < 1.29 is 10.4 Å². The van der Waals surface area contributed by atoms with Crippen LogP contribution in [0.2, 0.25) is 0 Å². The highest BCUT2D eigenvalue weighted by Gasteiger charge is 2.02. The summed E-state index contributed by atoms with van der Waals surface area (Å²) >= 11 is 0. The first-order valence-corrected chi connectivity index (χ1v) is 5.38. The third-order valence-electron chi connectivity index (χ3n) is 2.27. The molecule has 0 saturated heterocycles. The monoisotopic (exact) mass is 235 g/mol. The quantitative estimate of drug-likeness (QED) is 0.397. The molecule has 1 rings (SSSR count). The number of hydrogen-bond acceptors (Lipinski definition) is 5. The zero-order valence-corrected chi connectivity index (χ0v) is 9.80. The molecule has 0 unspecified atom stereocenters. The number of nitrogens with zero attached hydrogens (tertiary/aromatic N) is 2. The predicted molar refractivity (Wildman–Crippen MR) is 67.1 cm³/mol. The van der Waals surface area contributed by atoms with E-state index in [4.69, 9.17) is 10.4 Å². The highest BCUT2D eigenvalue weighted by molar-refractivity contribution is 5.89. The van der Waals surface area contributed by atoms with E-state index in [1.165, 1.54) is 0 Å². The fraction of sp³-hybridized carbons (Fsp3) is 0.333. The van der Waals surface area contributed by atoms with Gasteiger partial charge >= 0.3 is 0 Å². The van der Waals surface area contributed by atoms with E-state index >= 15 is 0 Å². The number of hydrogen-bond donors (Lipinski definition) is 3. The molecule has 0 spiro atoms. The van der Waals surface area contributed by atoms with Gasteiger partial charge in [-0.15, -0.1) is 0 Å². The van der Waals surface area contributed by atoms with Crippen molar-refractivity contribution >= 4 is 11.4 Å². The van der Waals surface area contributed by atoms with Crippen LogP contribution in [0.1, 0.15) is 12.5 Å². The zero-order valence-electron chi connectivity index (χ0n) is 9.80. The molecule has 5 nitrogen and oxygen atoms in total. The Kier molecular flexibility index (Phi) is 5.74. The zero-order chi connectivity index (χ0) is 12.5. The molecular formula is C12H17N3O2. The van der Waals surface area contributed by atoms with Crippen molar-refractivity contribution in [1.29, 1.82) is 0 Å². The molecule has 92 valence electrons. The topological polar surface area (TPSA) is 77.2 Å². The number of benzene rings is 1. The Labute approximate surface area is 100 Å². The third-order valence-corrected chi connectivity index (χ3v) is 2.27. The Bertz CT molecular complexity index is 388. The Balaban J connectivity index is 2.40. The van der Waals surface area contributed by atoms with Crippen molar-refractivity contribution in [2.75, 3.05) is 13.1 Å². The van der Waals surface area contributed by atoms with Crippen LogP contribution < -0.4 is 5.32 Å². The van der Waals surface area contributed by atoms with Gasteiger partial charge in [0.15, 0.2) is 0 Å². The SMILES string of the molecule is C/C(CNC/C(Cc1ccccc1)=N/O)=N/O. The summed E-state index contributed by atoms with van der Waals surface area (Å²) in [5.41, 5.74) is 2.32. The highest BCUT2D eigenvalue weighted by Crippen LogP contribution is 2.00. The van der Waals surface area contributed by atoms with E-state index in [0.717, 1.165) is 5.56 Å². The van der Waals surface area contributed by atoms with Gasteiger partial charge in [-0.05, 0) is 12.5 Å². The van der Waals surface area contributed by atoms with Crippen LogP contribution in [-0.4, -0.2) is 34.9 Å². The van der Waals surface area contributed by atoms with E-state index in [2.05, 4.69) is 15.6 Å². The summed E-state index contributed by atoms with van der Waals surface area (Å²) in [6.07, 6.45) is 0.597. The van der Waals surface area contributed by atoms with Gasteiger partial charge in [0, 0.05) is 19.5 Å². The molecule has 0 aliphatic carbocycles. The second kappa shape index (κ2) is 7.40. The van der Waals surface area contributed by atoms with Crippen LogP contribution in [0, 0.1) is 0 Å². The lowest BCUT2D eigenvalue weighted by Gasteiger charge is -2.06. The lowest BCUT2D eigenvalue weighted by molar-refractivity contribution is 0.316. The average Bonchev–Trinajstić information content (AvgIpc) is 2.38. The van der Waals surface area contributed by atoms with Gasteiger partial charge in [-0.1, -0.05) is 40.6 Å². The van der Waals surface area contributed by atoms with Crippen LogP contribution in [0.4, 0.5) is 0 Å². The van der Waals surface area contributed by atoms with E-state index in [1.807, 2.05) is 30.3 Å². The maximum atomic E-state index is 8.88. The summed E-state index contributed by atoms with van der Waals surface area (Å²) in [6, 6.07) is 9.79. The summed E-state index contributed by atoms with van der Waals surface area (Å²) < 4.78 is 0. The Hall–Kier alpha value is -1.88. The van der Waals surface area contributed by atoms with Gasteiger partial charge in [0.2, 0.25) is 0 Å². The fourth-order valence-corrected chi connectivity index (χ4v) is 1.39. The first-order valence-electron chi connectivity index (χ1n) is 5.38. The second-order valence-corrected chi connectivity index (χ2v) is 3.77. The van der Waals surface area contributed by atoms with Crippen LogP contribution in [0.5, 0.6) is 0 Å². The molecule has 0 aliphatic rings. The second-order valence-electron chi connectivity index (χ2n) is 3.77. The minimum Gasteiger partial charge on any atom is -0.411 e. The van der Waals surface area contributed by atoms with Crippen molar-refractivity contribution in [2.45, 2.75) is 13.3 Å². The molecule has 0 radical (unpaired) electrons. The summed E-state index contributed by atoms with van der Waals surface area (Å²) in [7, 11) is 0. The van der Waals surface area contributed by atoms with Gasteiger partial charge in [0.1, 0.15) is 0 Å². The van der Waals surface area contributed by atoms with E-state index in [9.17, 15) is 0 Å². The van der Waals surface area contributed by atoms with E-state index in [1.54, 1.807) is 6.92 Å². The molecule has 1 aromatic carbocycles. The average molecular weight is 235 g/mol. The van der Waals surface area contributed by atoms with Crippen LogP contribution in [0.25, 0.3) is 0 Å². The maximum Gasteiger partial charge on any atom is 0.0752 e. The van der Waals surface area contributed by atoms with Gasteiger partial charge in [-0.25, -0.2) is 0 Å². The lowest BCUT2D eigenvalue weighted by Crippen LogP contribution is -2.28. The Morgan fingerprint density at radius 1 is 1.12 bits per heavy atom. The molecule has 0 aromatic heterocycles. The minimum absolute atomic E-state index is 0.457. The first-order chi connectivity index (χ1) is 8.26. The van der Waals surface area contributed by atoms with Crippen LogP contribution in [-0.2, 0) is 6.42 Å². The third kappa shape index (κ3) is 5.12. The van der Waals surface area contributed by atoms with Crippen LogP contribution in [0.15, 0.2) is 40.6 Å². The Morgan fingerprint density at radius 3 is 2.41 bits per heavy atom. The predicted octanol–water partition coefficient (Wildman–Crippen LogP) is 1.50. The van der Waals surface area contributed by atoms with Crippen molar-refractivity contribution in [3.8, 4) is 0 Å². The van der Waals surface area contributed by atoms with Crippen molar-refractivity contribution in [3.63, 3.8) is 0 Å². The van der Waals surface area contributed by atoms with Gasteiger partial charge in [0.05, 0.1) is 11.4 Å². The molecule has 17 heavy (non-hydrogen) atoms. The van der Waals surface area contributed by atoms with Gasteiger partial charge in [0.25, 0.3) is 0 Å². The summed E-state index contributed by atoms with van der Waals surface area (Å²) in [6.45, 7) is 2.63. The molecule has 0 aliphatic heterocycles. The lowest BCUT2D eigenvalue weighted by atomic mass is 10.1. The molecule has 0 amide bonds. The van der Waals surface area contributed by atoms with E-state index in [-0.39, 0.29) is 0 Å². The summed E-state index contributed by atoms with van der Waals surface area (Å²) in [5, 5.41) is 26.7. The van der Waals surface area contributed by atoms with Crippen molar-refractivity contribution in [1.82, 2.24) is 5.32 Å².